The Hall–Kier alpha value is -2.44. The van der Waals surface area contributed by atoms with Gasteiger partial charge in [-0.2, -0.15) is 4.39 Å². The van der Waals surface area contributed by atoms with Crippen molar-refractivity contribution in [2.45, 2.75) is 47.0 Å². The zero-order valence-electron chi connectivity index (χ0n) is 15.6. The molecule has 0 saturated carbocycles. The van der Waals surface area contributed by atoms with E-state index in [1.807, 2.05) is 39.6 Å². The molecular weight excluding hydrogens is 330 g/mol. The molecule has 0 fully saturated rings. The van der Waals surface area contributed by atoms with Gasteiger partial charge in [0.1, 0.15) is 5.75 Å². The Bertz CT molecular complexity index is 878. The molecule has 0 atom stereocenters. The fraction of sp³-hybridized carbons (Fsp3) is 0.444. The van der Waals surface area contributed by atoms with E-state index in [9.17, 15) is 18.4 Å². The van der Waals surface area contributed by atoms with Gasteiger partial charge in [-0.1, -0.05) is 34.6 Å². The second-order valence-electron chi connectivity index (χ2n) is 6.27. The average molecular weight is 354 g/mol. The number of nitrogens with zero attached hydrogens (tertiary/aromatic N) is 1. The SMILES string of the molecule is CC.COc1c(C(C)(C)C)cc(-n2cc(F)c(=O)[nH]c2=O)c(F)c1C. The molecular formula is C18H24F2N2O3. The highest BCUT2D eigenvalue weighted by Crippen LogP contribution is 2.37. The molecule has 0 saturated heterocycles. The summed E-state index contributed by atoms with van der Waals surface area (Å²) in [5.74, 6) is -1.52. The number of nitrogens with one attached hydrogen (secondary N) is 1. The smallest absolute Gasteiger partial charge is 0.333 e. The highest BCUT2D eigenvalue weighted by Gasteiger charge is 2.25. The van der Waals surface area contributed by atoms with Crippen molar-refractivity contribution < 1.29 is 13.5 Å². The molecule has 1 aromatic carbocycles. The Morgan fingerprint density at radius 1 is 1.16 bits per heavy atom. The van der Waals surface area contributed by atoms with Gasteiger partial charge in [0.15, 0.2) is 5.82 Å². The summed E-state index contributed by atoms with van der Waals surface area (Å²) in [5, 5.41) is 0. The van der Waals surface area contributed by atoms with E-state index >= 15 is 0 Å². The Morgan fingerprint density at radius 2 is 1.72 bits per heavy atom. The number of aromatic nitrogens is 2. The van der Waals surface area contributed by atoms with Crippen molar-refractivity contribution in [2.24, 2.45) is 0 Å². The Morgan fingerprint density at radius 3 is 2.20 bits per heavy atom. The van der Waals surface area contributed by atoms with E-state index in [2.05, 4.69) is 0 Å². The molecule has 2 rings (SSSR count). The van der Waals surface area contributed by atoms with Crippen molar-refractivity contribution in [3.63, 3.8) is 0 Å². The second-order valence-corrected chi connectivity index (χ2v) is 6.27. The third kappa shape index (κ3) is 3.97. The van der Waals surface area contributed by atoms with Crippen LogP contribution in [0.15, 0.2) is 21.9 Å². The first-order valence-electron chi connectivity index (χ1n) is 7.97. The van der Waals surface area contributed by atoms with Gasteiger partial charge in [0, 0.05) is 11.1 Å². The van der Waals surface area contributed by atoms with Gasteiger partial charge in [-0.05, 0) is 18.4 Å². The lowest BCUT2D eigenvalue weighted by Crippen LogP contribution is -2.31. The first-order chi connectivity index (χ1) is 11.6. The van der Waals surface area contributed by atoms with E-state index in [1.54, 1.807) is 0 Å². The molecule has 0 aliphatic heterocycles. The van der Waals surface area contributed by atoms with Crippen LogP contribution in [0.25, 0.3) is 5.69 Å². The largest absolute Gasteiger partial charge is 0.496 e. The van der Waals surface area contributed by atoms with Crippen LogP contribution in [0.3, 0.4) is 0 Å². The Labute approximate surface area is 145 Å². The van der Waals surface area contributed by atoms with Crippen LogP contribution in [-0.4, -0.2) is 16.7 Å². The normalized spacial score (nSPS) is 10.9. The lowest BCUT2D eigenvalue weighted by atomic mass is 9.84. The van der Waals surface area contributed by atoms with Crippen LogP contribution >= 0.6 is 0 Å². The van der Waals surface area contributed by atoms with Crippen molar-refractivity contribution in [3.8, 4) is 11.4 Å². The van der Waals surface area contributed by atoms with Crippen LogP contribution in [0, 0.1) is 18.6 Å². The number of halogens is 2. The van der Waals surface area contributed by atoms with Crippen molar-refractivity contribution in [1.29, 1.82) is 0 Å². The van der Waals surface area contributed by atoms with Crippen LogP contribution in [0.2, 0.25) is 0 Å². The van der Waals surface area contributed by atoms with Crippen molar-refractivity contribution in [1.82, 2.24) is 9.55 Å². The molecule has 0 amide bonds. The minimum atomic E-state index is -1.17. The van der Waals surface area contributed by atoms with Crippen molar-refractivity contribution in [3.05, 3.63) is 55.9 Å². The number of H-pyrrole nitrogens is 1. The lowest BCUT2D eigenvalue weighted by molar-refractivity contribution is 0.389. The zero-order chi connectivity index (χ0) is 19.5. The van der Waals surface area contributed by atoms with Crippen LogP contribution < -0.4 is 16.0 Å². The topological polar surface area (TPSA) is 64.1 Å². The van der Waals surface area contributed by atoms with E-state index in [0.717, 1.165) is 4.57 Å². The molecule has 1 N–H and O–H groups in total. The summed E-state index contributed by atoms with van der Waals surface area (Å²) >= 11 is 0. The van der Waals surface area contributed by atoms with Gasteiger partial charge in [0.2, 0.25) is 5.82 Å². The molecule has 0 aliphatic carbocycles. The van der Waals surface area contributed by atoms with E-state index < -0.39 is 28.3 Å². The van der Waals surface area contributed by atoms with Gasteiger partial charge in [0.25, 0.3) is 5.56 Å². The third-order valence-electron chi connectivity index (χ3n) is 3.59. The number of methoxy groups -OCH3 is 1. The first kappa shape index (κ1) is 20.6. The first-order valence-corrected chi connectivity index (χ1v) is 7.97. The monoisotopic (exact) mass is 354 g/mol. The maximum atomic E-state index is 14.7. The standard InChI is InChI=1S/C16H18F2N2O3.C2H6/c1-8-12(18)11(6-9(13(8)23-5)16(2,3)4)20-7-10(17)14(21)19-15(20)22;1-2/h6-7H,1-5H3,(H,19,21,22);1-2H3. The van der Waals surface area contributed by atoms with Crippen molar-refractivity contribution >= 4 is 0 Å². The molecule has 25 heavy (non-hydrogen) atoms. The lowest BCUT2D eigenvalue weighted by Gasteiger charge is -2.25. The summed E-state index contributed by atoms with van der Waals surface area (Å²) in [5.41, 5.74) is -1.75. The van der Waals surface area contributed by atoms with Crippen LogP contribution in [-0.2, 0) is 5.41 Å². The zero-order valence-corrected chi connectivity index (χ0v) is 15.6. The van der Waals surface area contributed by atoms with Crippen molar-refractivity contribution in [2.75, 3.05) is 7.11 Å². The number of benzene rings is 1. The van der Waals surface area contributed by atoms with Gasteiger partial charge < -0.3 is 4.74 Å². The minimum absolute atomic E-state index is 0.145. The molecule has 1 aromatic heterocycles. The van der Waals surface area contributed by atoms with Gasteiger partial charge in [0.05, 0.1) is 19.0 Å². The summed E-state index contributed by atoms with van der Waals surface area (Å²) in [6, 6.07) is 1.43. The van der Waals surface area contributed by atoms with Crippen LogP contribution in [0.5, 0.6) is 5.75 Å². The molecule has 2 aromatic rings. The quantitative estimate of drug-likeness (QED) is 0.898. The number of rotatable bonds is 2. The predicted molar refractivity (Wildman–Crippen MR) is 93.9 cm³/mol. The maximum Gasteiger partial charge on any atom is 0.333 e. The Kier molecular flexibility index (Phi) is 6.29. The van der Waals surface area contributed by atoms with Gasteiger partial charge in [-0.15, -0.1) is 0 Å². The molecule has 138 valence electrons. The molecule has 5 nitrogen and oxygen atoms in total. The van der Waals surface area contributed by atoms with Gasteiger partial charge in [-0.25, -0.2) is 9.18 Å². The molecule has 7 heteroatoms. The fourth-order valence-electron chi connectivity index (χ4n) is 2.38. The highest BCUT2D eigenvalue weighted by atomic mass is 19.1. The summed E-state index contributed by atoms with van der Waals surface area (Å²) < 4.78 is 34.2. The minimum Gasteiger partial charge on any atom is -0.496 e. The van der Waals surface area contributed by atoms with Gasteiger partial charge >= 0.3 is 5.69 Å². The molecule has 0 radical (unpaired) electrons. The third-order valence-corrected chi connectivity index (χ3v) is 3.59. The number of hydrogen-bond donors (Lipinski definition) is 1. The van der Waals surface area contributed by atoms with Crippen LogP contribution in [0.4, 0.5) is 8.78 Å². The second kappa shape index (κ2) is 7.63. The summed E-state index contributed by atoms with van der Waals surface area (Å²) in [7, 11) is 1.43. The molecule has 1 heterocycles. The number of hydrogen-bond acceptors (Lipinski definition) is 3. The fourth-order valence-corrected chi connectivity index (χ4v) is 2.38. The van der Waals surface area contributed by atoms with Gasteiger partial charge in [-0.3, -0.25) is 14.3 Å². The Balaban J connectivity index is 0.00000151. The summed E-state index contributed by atoms with van der Waals surface area (Å²) in [6.07, 6.45) is 0.679. The number of ether oxygens (including phenoxy) is 1. The van der Waals surface area contributed by atoms with E-state index in [0.29, 0.717) is 17.5 Å². The van der Waals surface area contributed by atoms with Crippen LogP contribution in [0.1, 0.15) is 45.7 Å². The average Bonchev–Trinajstić information content (AvgIpc) is 2.54. The molecule has 0 spiro atoms. The predicted octanol–water partition coefficient (Wildman–Crippen LogP) is 3.44. The maximum absolute atomic E-state index is 14.7. The van der Waals surface area contributed by atoms with E-state index in [-0.39, 0.29) is 11.3 Å². The molecule has 0 unspecified atom stereocenters. The summed E-state index contributed by atoms with van der Waals surface area (Å²) in [6.45, 7) is 11.2. The summed E-state index contributed by atoms with van der Waals surface area (Å²) in [4.78, 5) is 24.9. The van der Waals surface area contributed by atoms with E-state index in [1.165, 1.54) is 20.1 Å². The molecule has 0 bridgehead atoms. The highest BCUT2D eigenvalue weighted by molar-refractivity contribution is 5.53. The van der Waals surface area contributed by atoms with E-state index in [4.69, 9.17) is 4.74 Å². The number of aromatic amines is 1. The molecule has 0 aliphatic rings.